The molecule has 0 aliphatic carbocycles. The largest absolute Gasteiger partial charge is 0.409 e. The normalized spacial score (nSPS) is 15.6. The Morgan fingerprint density at radius 1 is 1.00 bits per heavy atom. The van der Waals surface area contributed by atoms with E-state index in [0.717, 1.165) is 0 Å². The predicted octanol–water partition coefficient (Wildman–Crippen LogP) is 5.35. The molecular weight excluding hydrogens is 278 g/mol. The standard InChI is InChI=1S/C11H16F6S/c1-3-5-7-8(6-4-2)18-9(10(12,13)14)11(15,16)17/h5,7-9H,3-4,6H2,1-2H3/b7-5+. The third kappa shape index (κ3) is 6.56. The van der Waals surface area contributed by atoms with E-state index in [-0.39, 0.29) is 11.8 Å². The third-order valence-corrected chi connectivity index (χ3v) is 3.61. The van der Waals surface area contributed by atoms with Crippen LogP contribution in [0.3, 0.4) is 0 Å². The molecule has 0 aromatic carbocycles. The lowest BCUT2D eigenvalue weighted by Gasteiger charge is -2.25. The summed E-state index contributed by atoms with van der Waals surface area (Å²) >= 11 is -0.0686. The third-order valence-electron chi connectivity index (χ3n) is 2.07. The summed E-state index contributed by atoms with van der Waals surface area (Å²) in [6.45, 7) is 3.50. The van der Waals surface area contributed by atoms with Gasteiger partial charge in [0.25, 0.3) is 0 Å². The van der Waals surface area contributed by atoms with Crippen molar-refractivity contribution in [1.82, 2.24) is 0 Å². The van der Waals surface area contributed by atoms with Crippen molar-refractivity contribution in [3.63, 3.8) is 0 Å². The summed E-state index contributed by atoms with van der Waals surface area (Å²) in [6, 6.07) is 0. The SMILES string of the molecule is CC/C=C/C(CCC)SC(C(F)(F)F)C(F)(F)F. The molecule has 0 nitrogen and oxygen atoms in total. The molecule has 0 fully saturated rings. The first-order valence-electron chi connectivity index (χ1n) is 5.58. The minimum Gasteiger partial charge on any atom is -0.169 e. The van der Waals surface area contributed by atoms with Crippen LogP contribution < -0.4 is 0 Å². The second-order valence-corrected chi connectivity index (χ2v) is 5.11. The van der Waals surface area contributed by atoms with E-state index in [1.807, 2.05) is 0 Å². The molecular formula is C11H16F6S. The van der Waals surface area contributed by atoms with Gasteiger partial charge in [-0.05, 0) is 12.8 Å². The molecule has 0 aromatic heterocycles. The zero-order chi connectivity index (χ0) is 14.4. The van der Waals surface area contributed by atoms with Crippen LogP contribution in [-0.2, 0) is 0 Å². The quantitative estimate of drug-likeness (QED) is 0.470. The van der Waals surface area contributed by atoms with Crippen LogP contribution in [0, 0.1) is 0 Å². The maximum absolute atomic E-state index is 12.4. The van der Waals surface area contributed by atoms with Crippen molar-refractivity contribution in [2.45, 2.75) is 56.0 Å². The van der Waals surface area contributed by atoms with Gasteiger partial charge in [-0.1, -0.05) is 32.4 Å². The first-order chi connectivity index (χ1) is 8.12. The molecule has 7 heteroatoms. The Bertz CT molecular complexity index is 241. The Morgan fingerprint density at radius 2 is 1.50 bits per heavy atom. The highest BCUT2D eigenvalue weighted by molar-refractivity contribution is 8.00. The summed E-state index contributed by atoms with van der Waals surface area (Å²) < 4.78 is 74.2. The molecule has 108 valence electrons. The zero-order valence-corrected chi connectivity index (χ0v) is 10.9. The van der Waals surface area contributed by atoms with E-state index in [1.165, 1.54) is 6.08 Å². The van der Waals surface area contributed by atoms with Crippen LogP contribution in [0.1, 0.15) is 33.1 Å². The molecule has 0 saturated heterocycles. The van der Waals surface area contributed by atoms with Crippen molar-refractivity contribution in [2.75, 3.05) is 0 Å². The van der Waals surface area contributed by atoms with Gasteiger partial charge in [0.15, 0.2) is 5.25 Å². The number of hydrogen-bond donors (Lipinski definition) is 0. The molecule has 0 rings (SSSR count). The van der Waals surface area contributed by atoms with E-state index < -0.39 is 22.9 Å². The molecule has 0 bridgehead atoms. The predicted molar refractivity (Wildman–Crippen MR) is 61.6 cm³/mol. The van der Waals surface area contributed by atoms with Crippen LogP contribution in [0.25, 0.3) is 0 Å². The molecule has 0 aliphatic heterocycles. The Kier molecular flexibility index (Phi) is 7.17. The molecule has 18 heavy (non-hydrogen) atoms. The molecule has 0 amide bonds. The van der Waals surface area contributed by atoms with E-state index in [4.69, 9.17) is 0 Å². The van der Waals surface area contributed by atoms with Crippen molar-refractivity contribution in [2.24, 2.45) is 0 Å². The Hall–Kier alpha value is -0.330. The minimum absolute atomic E-state index is 0.0686. The molecule has 0 aliphatic rings. The van der Waals surface area contributed by atoms with Gasteiger partial charge in [0.05, 0.1) is 0 Å². The van der Waals surface area contributed by atoms with E-state index in [2.05, 4.69) is 0 Å². The topological polar surface area (TPSA) is 0 Å². The highest BCUT2D eigenvalue weighted by atomic mass is 32.2. The van der Waals surface area contributed by atoms with Gasteiger partial charge in [-0.3, -0.25) is 0 Å². The van der Waals surface area contributed by atoms with E-state index in [0.29, 0.717) is 19.3 Å². The van der Waals surface area contributed by atoms with Crippen LogP contribution in [0.2, 0.25) is 0 Å². The molecule has 0 heterocycles. The molecule has 1 atom stereocenters. The van der Waals surface area contributed by atoms with Crippen LogP contribution >= 0.6 is 11.8 Å². The lowest BCUT2D eigenvalue weighted by Crippen LogP contribution is -2.40. The minimum atomic E-state index is -5.27. The molecule has 0 aromatic rings. The van der Waals surface area contributed by atoms with E-state index in [1.54, 1.807) is 19.9 Å². The van der Waals surface area contributed by atoms with Crippen LogP contribution in [0.5, 0.6) is 0 Å². The summed E-state index contributed by atoms with van der Waals surface area (Å²) in [5, 5.41) is -4.08. The van der Waals surface area contributed by atoms with Gasteiger partial charge in [0.1, 0.15) is 0 Å². The highest BCUT2D eigenvalue weighted by Gasteiger charge is 2.57. The van der Waals surface area contributed by atoms with Crippen molar-refractivity contribution in [3.05, 3.63) is 12.2 Å². The summed E-state index contributed by atoms with van der Waals surface area (Å²) in [5.41, 5.74) is 0. The number of rotatable bonds is 6. The smallest absolute Gasteiger partial charge is 0.169 e. The van der Waals surface area contributed by atoms with Crippen LogP contribution in [-0.4, -0.2) is 22.9 Å². The fourth-order valence-electron chi connectivity index (χ4n) is 1.30. The van der Waals surface area contributed by atoms with Gasteiger partial charge < -0.3 is 0 Å². The van der Waals surface area contributed by atoms with Gasteiger partial charge in [-0.2, -0.15) is 26.3 Å². The Labute approximate surface area is 107 Å². The molecule has 1 unspecified atom stereocenters. The number of thioether (sulfide) groups is 1. The second-order valence-electron chi connectivity index (χ2n) is 3.76. The summed E-state index contributed by atoms with van der Waals surface area (Å²) in [7, 11) is 0. The van der Waals surface area contributed by atoms with Gasteiger partial charge >= 0.3 is 12.4 Å². The molecule has 0 spiro atoms. The summed E-state index contributed by atoms with van der Waals surface area (Å²) in [6.07, 6.45) is -6.10. The van der Waals surface area contributed by atoms with E-state index in [9.17, 15) is 26.3 Å². The van der Waals surface area contributed by atoms with Crippen LogP contribution in [0.4, 0.5) is 26.3 Å². The van der Waals surface area contributed by atoms with Crippen molar-refractivity contribution in [1.29, 1.82) is 0 Å². The number of halogens is 6. The first-order valence-corrected chi connectivity index (χ1v) is 6.52. The fourth-order valence-corrected chi connectivity index (χ4v) is 2.53. The molecule has 0 radical (unpaired) electrons. The van der Waals surface area contributed by atoms with Gasteiger partial charge in [-0.25, -0.2) is 0 Å². The average molecular weight is 294 g/mol. The van der Waals surface area contributed by atoms with Crippen molar-refractivity contribution < 1.29 is 26.3 Å². The number of hydrogen-bond acceptors (Lipinski definition) is 1. The maximum Gasteiger partial charge on any atom is 0.409 e. The first kappa shape index (κ1) is 17.7. The van der Waals surface area contributed by atoms with Gasteiger partial charge in [0.2, 0.25) is 0 Å². The van der Waals surface area contributed by atoms with Crippen LogP contribution in [0.15, 0.2) is 12.2 Å². The molecule has 0 saturated carbocycles. The molecule has 0 N–H and O–H groups in total. The zero-order valence-electron chi connectivity index (χ0n) is 10.1. The lowest BCUT2D eigenvalue weighted by molar-refractivity contribution is -0.224. The Morgan fingerprint density at radius 3 is 1.83 bits per heavy atom. The highest BCUT2D eigenvalue weighted by Crippen LogP contribution is 2.44. The lowest BCUT2D eigenvalue weighted by atomic mass is 10.2. The monoisotopic (exact) mass is 294 g/mol. The van der Waals surface area contributed by atoms with Gasteiger partial charge in [-0.15, -0.1) is 11.8 Å². The average Bonchev–Trinajstić information content (AvgIpc) is 2.18. The van der Waals surface area contributed by atoms with E-state index >= 15 is 0 Å². The summed E-state index contributed by atoms with van der Waals surface area (Å²) in [4.78, 5) is 0. The second kappa shape index (κ2) is 7.31. The number of allylic oxidation sites excluding steroid dienone is 1. The van der Waals surface area contributed by atoms with Gasteiger partial charge in [0, 0.05) is 5.25 Å². The number of alkyl halides is 6. The van der Waals surface area contributed by atoms with Crippen molar-refractivity contribution >= 4 is 11.8 Å². The van der Waals surface area contributed by atoms with Crippen molar-refractivity contribution in [3.8, 4) is 0 Å². The fraction of sp³-hybridized carbons (Fsp3) is 0.818. The maximum atomic E-state index is 12.4. The Balaban J connectivity index is 4.87. The summed E-state index contributed by atoms with van der Waals surface area (Å²) in [5.74, 6) is 0.